The van der Waals surface area contributed by atoms with E-state index in [1.54, 1.807) is 18.2 Å². The van der Waals surface area contributed by atoms with E-state index in [1.807, 2.05) is 0 Å². The second kappa shape index (κ2) is 5.19. The third kappa shape index (κ3) is 2.73. The van der Waals surface area contributed by atoms with E-state index >= 15 is 0 Å². The van der Waals surface area contributed by atoms with Crippen molar-refractivity contribution in [3.63, 3.8) is 0 Å². The molecule has 3 nitrogen and oxygen atoms in total. The summed E-state index contributed by atoms with van der Waals surface area (Å²) in [4.78, 5) is 12.1. The summed E-state index contributed by atoms with van der Waals surface area (Å²) in [5, 5.41) is 0. The fraction of sp³-hybridized carbons (Fsp3) is 0.312. The molecular weight excluding hydrogens is 295 g/mol. The van der Waals surface area contributed by atoms with Gasteiger partial charge < -0.3 is 10.2 Å². The first kappa shape index (κ1) is 14.7. The lowest BCUT2D eigenvalue weighted by atomic mass is 9.85. The van der Waals surface area contributed by atoms with Crippen molar-refractivity contribution in [1.82, 2.24) is 0 Å². The van der Waals surface area contributed by atoms with Gasteiger partial charge in [-0.3, -0.25) is 4.79 Å². The lowest BCUT2D eigenvalue weighted by Crippen LogP contribution is -2.24. The minimum Gasteiger partial charge on any atom is -0.441 e. The maximum Gasteiger partial charge on any atom is 0.392 e. The number of alkyl halides is 3. The van der Waals surface area contributed by atoms with Gasteiger partial charge in [-0.25, -0.2) is 0 Å². The summed E-state index contributed by atoms with van der Waals surface area (Å²) in [6.07, 6.45) is -2.33. The fourth-order valence-electron chi connectivity index (χ4n) is 2.76. The highest BCUT2D eigenvalue weighted by Gasteiger charge is 2.39. The van der Waals surface area contributed by atoms with Crippen LogP contribution in [0.15, 0.2) is 39.6 Å². The molecule has 22 heavy (non-hydrogen) atoms. The van der Waals surface area contributed by atoms with E-state index in [4.69, 9.17) is 10.2 Å². The Morgan fingerprint density at radius 3 is 2.64 bits per heavy atom. The quantitative estimate of drug-likeness (QED) is 0.864. The lowest BCUT2D eigenvalue weighted by Gasteiger charge is -2.24. The van der Waals surface area contributed by atoms with Crippen molar-refractivity contribution in [2.75, 3.05) is 5.73 Å². The molecule has 0 bridgehead atoms. The molecule has 116 valence electrons. The first-order valence-electron chi connectivity index (χ1n) is 6.94. The lowest BCUT2D eigenvalue weighted by molar-refractivity contribution is -0.175. The first-order chi connectivity index (χ1) is 10.3. The predicted octanol–water partition coefficient (Wildman–Crippen LogP) is 4.07. The molecule has 0 saturated heterocycles. The van der Waals surface area contributed by atoms with E-state index < -0.39 is 12.1 Å². The van der Waals surface area contributed by atoms with E-state index in [1.165, 1.54) is 12.1 Å². The number of nitrogens with two attached hydrogens (primary N) is 1. The summed E-state index contributed by atoms with van der Waals surface area (Å²) in [6.45, 7) is 0. The van der Waals surface area contributed by atoms with Crippen LogP contribution < -0.4 is 11.2 Å². The normalized spacial score (nSPS) is 19.2. The van der Waals surface area contributed by atoms with Crippen LogP contribution in [-0.4, -0.2) is 6.18 Å². The van der Waals surface area contributed by atoms with Crippen molar-refractivity contribution < 1.29 is 17.6 Å². The zero-order valence-corrected chi connectivity index (χ0v) is 11.6. The summed E-state index contributed by atoms with van der Waals surface area (Å²) in [7, 11) is 0. The molecule has 2 N–H and O–H groups in total. The van der Waals surface area contributed by atoms with Crippen LogP contribution in [0.4, 0.5) is 19.1 Å². The largest absolute Gasteiger partial charge is 0.441 e. The third-order valence-corrected chi connectivity index (χ3v) is 3.99. The molecule has 1 aliphatic heterocycles. The van der Waals surface area contributed by atoms with E-state index in [2.05, 4.69) is 0 Å². The minimum absolute atomic E-state index is 0.0373. The first-order valence-corrected chi connectivity index (χ1v) is 6.94. The number of hydrogen-bond donors (Lipinski definition) is 1. The van der Waals surface area contributed by atoms with Gasteiger partial charge in [0.15, 0.2) is 11.3 Å². The van der Waals surface area contributed by atoms with Gasteiger partial charge in [0.05, 0.1) is 11.5 Å². The van der Waals surface area contributed by atoms with Crippen molar-refractivity contribution in [3.05, 3.63) is 46.1 Å². The Balaban J connectivity index is 1.97. The molecule has 1 unspecified atom stereocenters. The maximum absolute atomic E-state index is 12.7. The Morgan fingerprint density at radius 2 is 2.00 bits per heavy atom. The topological polar surface area (TPSA) is 56.2 Å². The average Bonchev–Trinajstić information content (AvgIpc) is 2.46. The van der Waals surface area contributed by atoms with Crippen LogP contribution in [0.1, 0.15) is 24.8 Å². The third-order valence-electron chi connectivity index (χ3n) is 3.99. The number of rotatable bonds is 1. The maximum atomic E-state index is 12.7. The molecule has 6 heteroatoms. The highest BCUT2D eigenvalue weighted by molar-refractivity contribution is 5.72. The van der Waals surface area contributed by atoms with Crippen LogP contribution in [0.25, 0.3) is 16.9 Å². The van der Waals surface area contributed by atoms with Crippen molar-refractivity contribution in [1.29, 1.82) is 0 Å². The number of benzene rings is 1. The van der Waals surface area contributed by atoms with Gasteiger partial charge in [0.2, 0.25) is 0 Å². The molecule has 0 spiro atoms. The highest BCUT2D eigenvalue weighted by Crippen LogP contribution is 2.39. The van der Waals surface area contributed by atoms with Crippen molar-refractivity contribution >= 4 is 11.5 Å². The second-order valence-corrected chi connectivity index (χ2v) is 5.47. The molecule has 3 aliphatic rings. The molecule has 0 saturated carbocycles. The standard InChI is InChI=1S/C16H14F3NO2/c17-16(18,19)11-3-1-9(2-4-11)10-7-13(21)12-5-6-15(20)22-14(12)8-10/h1,5-8,11H,2-4,20H2. The van der Waals surface area contributed by atoms with Gasteiger partial charge in [-0.1, -0.05) is 6.08 Å². The zero-order chi connectivity index (χ0) is 15.9. The van der Waals surface area contributed by atoms with Crippen LogP contribution in [0.5, 0.6) is 0 Å². The molecule has 3 rings (SSSR count). The fourth-order valence-corrected chi connectivity index (χ4v) is 2.76. The van der Waals surface area contributed by atoms with Gasteiger partial charge in [-0.15, -0.1) is 0 Å². The van der Waals surface area contributed by atoms with E-state index in [0.717, 1.165) is 5.57 Å². The molecule has 1 heterocycles. The van der Waals surface area contributed by atoms with Crippen LogP contribution in [0.3, 0.4) is 0 Å². The molecule has 0 fully saturated rings. The van der Waals surface area contributed by atoms with E-state index in [-0.39, 0.29) is 30.6 Å². The number of fused-ring (bicyclic) bond motifs is 1. The van der Waals surface area contributed by atoms with Gasteiger partial charge in [-0.05, 0) is 54.7 Å². The van der Waals surface area contributed by atoms with Crippen LogP contribution in [-0.2, 0) is 0 Å². The molecule has 0 aromatic heterocycles. The molecule has 0 aromatic rings. The van der Waals surface area contributed by atoms with Gasteiger partial charge >= 0.3 is 6.18 Å². The number of nitrogen functional groups attached to an aromatic ring is 1. The van der Waals surface area contributed by atoms with Crippen molar-refractivity contribution in [2.45, 2.75) is 25.4 Å². The van der Waals surface area contributed by atoms with Crippen LogP contribution >= 0.6 is 0 Å². The molecule has 2 aliphatic carbocycles. The molecule has 0 aromatic carbocycles. The minimum atomic E-state index is -4.17. The average molecular weight is 309 g/mol. The zero-order valence-electron chi connectivity index (χ0n) is 11.6. The second-order valence-electron chi connectivity index (χ2n) is 5.47. The van der Waals surface area contributed by atoms with E-state index in [0.29, 0.717) is 16.9 Å². The SMILES string of the molecule is Nc1ccc2c(=O)cc(C3=CCC(C(F)(F)F)CC3)cc-2o1. The van der Waals surface area contributed by atoms with Crippen LogP contribution in [0.2, 0.25) is 0 Å². The molecule has 0 radical (unpaired) electrons. The number of allylic oxidation sites excluding steroid dienone is 2. The molecule has 0 amide bonds. The number of hydrogen-bond acceptors (Lipinski definition) is 3. The van der Waals surface area contributed by atoms with Crippen LogP contribution in [0, 0.1) is 5.92 Å². The number of anilines is 1. The van der Waals surface area contributed by atoms with Gasteiger partial charge in [0.1, 0.15) is 5.76 Å². The van der Waals surface area contributed by atoms with Gasteiger partial charge in [0.25, 0.3) is 0 Å². The molecular formula is C16H14F3NO2. The summed E-state index contributed by atoms with van der Waals surface area (Å²) < 4.78 is 43.4. The predicted molar refractivity (Wildman–Crippen MR) is 77.4 cm³/mol. The van der Waals surface area contributed by atoms with Crippen molar-refractivity contribution in [2.24, 2.45) is 5.92 Å². The van der Waals surface area contributed by atoms with Gasteiger partial charge in [0, 0.05) is 0 Å². The Hall–Kier alpha value is -2.24. The Kier molecular flexibility index (Phi) is 3.47. The van der Waals surface area contributed by atoms with Crippen molar-refractivity contribution in [3.8, 4) is 11.3 Å². The smallest absolute Gasteiger partial charge is 0.392 e. The highest BCUT2D eigenvalue weighted by atomic mass is 19.4. The summed E-state index contributed by atoms with van der Waals surface area (Å²) >= 11 is 0. The Morgan fingerprint density at radius 1 is 1.23 bits per heavy atom. The number of halogens is 3. The Bertz CT molecular complexity index is 761. The monoisotopic (exact) mass is 309 g/mol. The Labute approximate surface area is 124 Å². The summed E-state index contributed by atoms with van der Waals surface area (Å²) in [5.74, 6) is -0.774. The van der Waals surface area contributed by atoms with E-state index in [9.17, 15) is 18.0 Å². The summed E-state index contributed by atoms with van der Waals surface area (Å²) in [5.41, 5.74) is 7.09. The van der Waals surface area contributed by atoms with Gasteiger partial charge in [-0.2, -0.15) is 13.2 Å². The molecule has 1 atom stereocenters. The summed E-state index contributed by atoms with van der Waals surface area (Å²) in [6, 6.07) is 6.17.